The van der Waals surface area contributed by atoms with Crippen molar-refractivity contribution in [1.82, 2.24) is 10.2 Å². The molecule has 23 heavy (non-hydrogen) atoms. The van der Waals surface area contributed by atoms with Gasteiger partial charge in [0.1, 0.15) is 0 Å². The van der Waals surface area contributed by atoms with Gasteiger partial charge in [0, 0.05) is 36.7 Å². The van der Waals surface area contributed by atoms with Gasteiger partial charge in [0.05, 0.1) is 5.56 Å². The smallest absolute Gasteiger partial charge is 0.314 e. The number of alkyl halides is 3. The molecule has 134 valence electrons. The predicted molar refractivity (Wildman–Crippen MR) is 95.7 cm³/mol. The molecular formula is C15H22BrCl2F3N2. The maximum Gasteiger partial charge on any atom is 0.416 e. The van der Waals surface area contributed by atoms with Crippen molar-refractivity contribution in [3.63, 3.8) is 0 Å². The first-order valence-corrected chi connectivity index (χ1v) is 8.03. The Morgan fingerprint density at radius 1 is 1.17 bits per heavy atom. The second-order valence-electron chi connectivity index (χ2n) is 5.36. The van der Waals surface area contributed by atoms with Gasteiger partial charge in [-0.3, -0.25) is 4.90 Å². The maximum absolute atomic E-state index is 13.0. The summed E-state index contributed by atoms with van der Waals surface area (Å²) in [5.74, 6) is 0. The van der Waals surface area contributed by atoms with Gasteiger partial charge in [0.2, 0.25) is 0 Å². The molecule has 1 fully saturated rings. The first-order chi connectivity index (χ1) is 9.91. The number of benzene rings is 1. The largest absolute Gasteiger partial charge is 0.416 e. The van der Waals surface area contributed by atoms with Gasteiger partial charge in [-0.25, -0.2) is 0 Å². The van der Waals surface area contributed by atoms with E-state index in [1.54, 1.807) is 0 Å². The Kier molecular flexibility index (Phi) is 10.1. The zero-order valence-corrected chi connectivity index (χ0v) is 16.0. The van der Waals surface area contributed by atoms with E-state index in [9.17, 15) is 13.2 Å². The third-order valence-corrected chi connectivity index (χ3v) is 4.24. The van der Waals surface area contributed by atoms with Crippen molar-refractivity contribution in [3.8, 4) is 0 Å². The van der Waals surface area contributed by atoms with Crippen LogP contribution < -0.4 is 5.32 Å². The number of rotatable bonds is 4. The van der Waals surface area contributed by atoms with Crippen molar-refractivity contribution >= 4 is 40.7 Å². The van der Waals surface area contributed by atoms with Gasteiger partial charge in [0.25, 0.3) is 0 Å². The van der Waals surface area contributed by atoms with Crippen molar-refractivity contribution in [3.05, 3.63) is 33.8 Å². The predicted octanol–water partition coefficient (Wildman–Crippen LogP) is 5.06. The van der Waals surface area contributed by atoms with Gasteiger partial charge in [-0.1, -0.05) is 29.3 Å². The third kappa shape index (κ3) is 6.42. The van der Waals surface area contributed by atoms with Gasteiger partial charge in [-0.2, -0.15) is 13.2 Å². The summed E-state index contributed by atoms with van der Waals surface area (Å²) in [5.41, 5.74) is 0.170. The number of hydrogen-bond donors (Lipinski definition) is 1. The molecule has 0 saturated carbocycles. The Morgan fingerprint density at radius 2 is 1.78 bits per heavy atom. The topological polar surface area (TPSA) is 15.3 Å². The highest BCUT2D eigenvalue weighted by Crippen LogP contribution is 2.35. The molecular weight excluding hydrogens is 416 g/mol. The standard InChI is InChI=1S/C15H20BrF3N2.2ClH/c1-2-3-14(21-6-4-20-5-7-21)11-8-12(15(17,18)19)10-13(16)9-11;;/h8-10,14,20H,2-7H2,1H3;2*1H/t14-;;/m0../s1. The molecule has 0 unspecified atom stereocenters. The Balaban J connectivity index is 0.00000242. The molecule has 0 bridgehead atoms. The fraction of sp³-hybridized carbons (Fsp3) is 0.600. The highest BCUT2D eigenvalue weighted by molar-refractivity contribution is 9.10. The van der Waals surface area contributed by atoms with E-state index in [0.717, 1.165) is 50.7 Å². The van der Waals surface area contributed by atoms with Gasteiger partial charge in [0.15, 0.2) is 0 Å². The lowest BCUT2D eigenvalue weighted by Gasteiger charge is -2.35. The highest BCUT2D eigenvalue weighted by atomic mass is 79.9. The molecule has 0 aliphatic carbocycles. The van der Waals surface area contributed by atoms with E-state index in [1.807, 2.05) is 6.07 Å². The van der Waals surface area contributed by atoms with E-state index in [1.165, 1.54) is 6.07 Å². The highest BCUT2D eigenvalue weighted by Gasteiger charge is 2.32. The molecule has 8 heteroatoms. The van der Waals surface area contributed by atoms with E-state index >= 15 is 0 Å². The van der Waals surface area contributed by atoms with Crippen LogP contribution in [-0.4, -0.2) is 31.1 Å². The number of hydrogen-bond acceptors (Lipinski definition) is 2. The van der Waals surface area contributed by atoms with Crippen molar-refractivity contribution in [2.75, 3.05) is 26.2 Å². The molecule has 2 rings (SSSR count). The summed E-state index contributed by atoms with van der Waals surface area (Å²) in [6.45, 7) is 5.59. The minimum absolute atomic E-state index is 0. The minimum atomic E-state index is -4.31. The molecule has 1 N–H and O–H groups in total. The third-order valence-electron chi connectivity index (χ3n) is 3.79. The van der Waals surface area contributed by atoms with Crippen LogP contribution in [0.15, 0.2) is 22.7 Å². The summed E-state index contributed by atoms with van der Waals surface area (Å²) in [5, 5.41) is 3.28. The fourth-order valence-electron chi connectivity index (χ4n) is 2.80. The molecule has 1 aliphatic rings. The van der Waals surface area contributed by atoms with E-state index < -0.39 is 11.7 Å². The first-order valence-electron chi connectivity index (χ1n) is 7.24. The van der Waals surface area contributed by atoms with Crippen LogP contribution in [0.1, 0.15) is 36.9 Å². The summed E-state index contributed by atoms with van der Waals surface area (Å²) in [4.78, 5) is 2.28. The van der Waals surface area contributed by atoms with Gasteiger partial charge >= 0.3 is 6.18 Å². The summed E-state index contributed by atoms with van der Waals surface area (Å²) in [6.07, 6.45) is -2.49. The van der Waals surface area contributed by atoms with Crippen LogP contribution in [0.4, 0.5) is 13.2 Å². The van der Waals surface area contributed by atoms with Crippen molar-refractivity contribution in [2.45, 2.75) is 32.0 Å². The van der Waals surface area contributed by atoms with Crippen LogP contribution in [0.3, 0.4) is 0 Å². The van der Waals surface area contributed by atoms with Crippen LogP contribution in [0, 0.1) is 0 Å². The molecule has 0 aromatic heterocycles. The lowest BCUT2D eigenvalue weighted by Crippen LogP contribution is -2.45. The Bertz CT molecular complexity index is 480. The molecule has 2 nitrogen and oxygen atoms in total. The second kappa shape index (κ2) is 10.1. The molecule has 0 radical (unpaired) electrons. The lowest BCUT2D eigenvalue weighted by atomic mass is 9.98. The van der Waals surface area contributed by atoms with Crippen LogP contribution in [0.5, 0.6) is 0 Å². The first kappa shape index (κ1) is 23.0. The summed E-state index contributed by atoms with van der Waals surface area (Å²) >= 11 is 3.22. The molecule has 1 saturated heterocycles. The van der Waals surface area contributed by atoms with E-state index in [2.05, 4.69) is 33.1 Å². The monoisotopic (exact) mass is 436 g/mol. The molecule has 0 amide bonds. The van der Waals surface area contributed by atoms with E-state index in [-0.39, 0.29) is 30.9 Å². The molecule has 1 aromatic rings. The Hall–Kier alpha value is -0.0100. The maximum atomic E-state index is 13.0. The zero-order valence-electron chi connectivity index (χ0n) is 12.8. The molecule has 1 aromatic carbocycles. The lowest BCUT2D eigenvalue weighted by molar-refractivity contribution is -0.137. The zero-order chi connectivity index (χ0) is 15.5. The SMILES string of the molecule is CCC[C@@H](c1cc(Br)cc(C(F)(F)F)c1)N1CCNCC1.Cl.Cl. The quantitative estimate of drug-likeness (QED) is 0.708. The number of nitrogens with one attached hydrogen (secondary N) is 1. The second-order valence-corrected chi connectivity index (χ2v) is 6.28. The average molecular weight is 438 g/mol. The minimum Gasteiger partial charge on any atom is -0.314 e. The van der Waals surface area contributed by atoms with Crippen LogP contribution in [0.2, 0.25) is 0 Å². The van der Waals surface area contributed by atoms with Crippen LogP contribution in [-0.2, 0) is 6.18 Å². The Labute approximate surface area is 156 Å². The van der Waals surface area contributed by atoms with Gasteiger partial charge < -0.3 is 5.32 Å². The fourth-order valence-corrected chi connectivity index (χ4v) is 3.31. The van der Waals surface area contributed by atoms with Crippen LogP contribution >= 0.6 is 40.7 Å². The molecule has 1 heterocycles. The molecule has 1 atom stereocenters. The van der Waals surface area contributed by atoms with E-state index in [0.29, 0.717) is 4.47 Å². The average Bonchev–Trinajstić information content (AvgIpc) is 2.44. The summed E-state index contributed by atoms with van der Waals surface area (Å²) in [6, 6.07) is 4.31. The Morgan fingerprint density at radius 3 is 2.30 bits per heavy atom. The van der Waals surface area contributed by atoms with Crippen molar-refractivity contribution < 1.29 is 13.2 Å². The number of halogens is 6. The van der Waals surface area contributed by atoms with Gasteiger partial charge in [-0.15, -0.1) is 24.8 Å². The van der Waals surface area contributed by atoms with E-state index in [4.69, 9.17) is 0 Å². The number of nitrogens with zero attached hydrogens (tertiary/aromatic N) is 1. The normalized spacial score (nSPS) is 17.1. The van der Waals surface area contributed by atoms with Crippen LogP contribution in [0.25, 0.3) is 0 Å². The van der Waals surface area contributed by atoms with Gasteiger partial charge in [-0.05, 0) is 30.2 Å². The molecule has 1 aliphatic heterocycles. The number of piperazine rings is 1. The summed E-state index contributed by atoms with van der Waals surface area (Å²) in [7, 11) is 0. The van der Waals surface area contributed by atoms with Crippen molar-refractivity contribution in [2.24, 2.45) is 0 Å². The van der Waals surface area contributed by atoms with Crippen molar-refractivity contribution in [1.29, 1.82) is 0 Å². The summed E-state index contributed by atoms with van der Waals surface area (Å²) < 4.78 is 39.5. The molecule has 0 spiro atoms.